The molecule has 0 bridgehead atoms. The van der Waals surface area contributed by atoms with Crippen molar-refractivity contribution in [1.29, 1.82) is 0 Å². The SMILES string of the molecule is CCc1noc(C(C)N2CCN(C(=O)CC(C)N)CC2)n1.Cl.Cl. The number of nitrogens with two attached hydrogens (primary N) is 1. The Morgan fingerprint density at radius 1 is 1.26 bits per heavy atom. The fraction of sp³-hybridized carbons (Fsp3) is 0.786. The highest BCUT2D eigenvalue weighted by Crippen LogP contribution is 2.20. The fourth-order valence-electron chi connectivity index (χ4n) is 2.50. The van der Waals surface area contributed by atoms with Crippen molar-refractivity contribution in [2.75, 3.05) is 26.2 Å². The maximum atomic E-state index is 12.0. The molecular formula is C14H27Cl2N5O2. The zero-order valence-electron chi connectivity index (χ0n) is 13.9. The van der Waals surface area contributed by atoms with Gasteiger partial charge in [0.2, 0.25) is 11.8 Å². The van der Waals surface area contributed by atoms with Crippen LogP contribution >= 0.6 is 24.8 Å². The summed E-state index contributed by atoms with van der Waals surface area (Å²) in [4.78, 5) is 20.5. The molecule has 7 nitrogen and oxygen atoms in total. The van der Waals surface area contributed by atoms with Crippen LogP contribution in [0, 0.1) is 0 Å². The summed E-state index contributed by atoms with van der Waals surface area (Å²) in [5.41, 5.74) is 5.68. The average molecular weight is 368 g/mol. The molecule has 2 atom stereocenters. The minimum atomic E-state index is -0.0830. The first-order valence-corrected chi connectivity index (χ1v) is 7.61. The molecule has 0 radical (unpaired) electrons. The van der Waals surface area contributed by atoms with E-state index in [4.69, 9.17) is 10.3 Å². The minimum Gasteiger partial charge on any atom is -0.340 e. The predicted molar refractivity (Wildman–Crippen MR) is 93.0 cm³/mol. The molecular weight excluding hydrogens is 341 g/mol. The molecule has 2 unspecified atom stereocenters. The molecule has 0 aliphatic carbocycles. The van der Waals surface area contributed by atoms with E-state index in [1.807, 2.05) is 18.7 Å². The first-order chi connectivity index (χ1) is 10.0. The molecule has 2 heterocycles. The lowest BCUT2D eigenvalue weighted by molar-refractivity contribution is -0.133. The van der Waals surface area contributed by atoms with Crippen molar-refractivity contribution in [1.82, 2.24) is 19.9 Å². The summed E-state index contributed by atoms with van der Waals surface area (Å²) in [6, 6.07) is 0.00351. The van der Waals surface area contributed by atoms with E-state index in [-0.39, 0.29) is 42.8 Å². The number of nitrogens with zero attached hydrogens (tertiary/aromatic N) is 4. The summed E-state index contributed by atoms with van der Waals surface area (Å²) in [7, 11) is 0. The molecule has 9 heteroatoms. The quantitative estimate of drug-likeness (QED) is 0.846. The molecule has 0 saturated carbocycles. The summed E-state index contributed by atoms with van der Waals surface area (Å²) in [5, 5.41) is 3.94. The van der Waals surface area contributed by atoms with Gasteiger partial charge in [-0.15, -0.1) is 24.8 Å². The fourth-order valence-corrected chi connectivity index (χ4v) is 2.50. The van der Waals surface area contributed by atoms with Crippen LogP contribution in [0.1, 0.15) is 44.9 Å². The van der Waals surface area contributed by atoms with Gasteiger partial charge in [0.05, 0.1) is 6.04 Å². The monoisotopic (exact) mass is 367 g/mol. The lowest BCUT2D eigenvalue weighted by Gasteiger charge is -2.37. The van der Waals surface area contributed by atoms with E-state index in [0.29, 0.717) is 12.3 Å². The van der Waals surface area contributed by atoms with Crippen LogP contribution in [0.3, 0.4) is 0 Å². The van der Waals surface area contributed by atoms with E-state index >= 15 is 0 Å². The van der Waals surface area contributed by atoms with Gasteiger partial charge in [0, 0.05) is 45.1 Å². The molecule has 1 aliphatic rings. The maximum absolute atomic E-state index is 12.0. The number of carbonyl (C=O) groups excluding carboxylic acids is 1. The summed E-state index contributed by atoms with van der Waals surface area (Å²) in [5.74, 6) is 1.54. The lowest BCUT2D eigenvalue weighted by atomic mass is 10.2. The Bertz CT molecular complexity index is 475. The van der Waals surface area contributed by atoms with Crippen LogP contribution in [0.15, 0.2) is 4.52 Å². The van der Waals surface area contributed by atoms with Gasteiger partial charge < -0.3 is 15.2 Å². The van der Waals surface area contributed by atoms with Gasteiger partial charge in [0.25, 0.3) is 0 Å². The van der Waals surface area contributed by atoms with Gasteiger partial charge in [-0.05, 0) is 13.8 Å². The van der Waals surface area contributed by atoms with Crippen molar-refractivity contribution in [3.05, 3.63) is 11.7 Å². The summed E-state index contributed by atoms with van der Waals surface area (Å²) in [6.07, 6.45) is 1.19. The average Bonchev–Trinajstić information content (AvgIpc) is 2.95. The minimum absolute atomic E-state index is 0. The van der Waals surface area contributed by atoms with Crippen molar-refractivity contribution < 1.29 is 9.32 Å². The molecule has 1 fully saturated rings. The van der Waals surface area contributed by atoms with E-state index in [0.717, 1.165) is 38.4 Å². The van der Waals surface area contributed by atoms with Crippen molar-refractivity contribution in [3.63, 3.8) is 0 Å². The Labute approximate surface area is 149 Å². The Morgan fingerprint density at radius 2 is 1.87 bits per heavy atom. The standard InChI is InChI=1S/C14H25N5O2.2ClH/c1-4-12-16-14(21-17-12)11(3)18-5-7-19(8-6-18)13(20)9-10(2)15;;/h10-11H,4-9,15H2,1-3H3;2*1H. The van der Waals surface area contributed by atoms with Crippen LogP contribution in [-0.2, 0) is 11.2 Å². The second kappa shape index (κ2) is 10.1. The normalized spacial score (nSPS) is 17.8. The smallest absolute Gasteiger partial charge is 0.243 e. The van der Waals surface area contributed by atoms with Gasteiger partial charge in [0.15, 0.2) is 5.82 Å². The van der Waals surface area contributed by atoms with E-state index in [2.05, 4.69) is 22.0 Å². The third-order valence-electron chi connectivity index (χ3n) is 3.87. The Hall–Kier alpha value is -0.890. The highest BCUT2D eigenvalue weighted by atomic mass is 35.5. The third-order valence-corrected chi connectivity index (χ3v) is 3.87. The Balaban J connectivity index is 0.00000242. The van der Waals surface area contributed by atoms with Gasteiger partial charge in [-0.2, -0.15) is 4.98 Å². The Kier molecular flexibility index (Phi) is 9.68. The van der Waals surface area contributed by atoms with Crippen LogP contribution < -0.4 is 5.73 Å². The summed E-state index contributed by atoms with van der Waals surface area (Å²) in [6.45, 7) is 9.01. The molecule has 0 spiro atoms. The highest BCUT2D eigenvalue weighted by Gasteiger charge is 2.27. The second-order valence-electron chi connectivity index (χ2n) is 5.68. The molecule has 1 aliphatic heterocycles. The molecule has 134 valence electrons. The van der Waals surface area contributed by atoms with Crippen LogP contribution in [0.4, 0.5) is 0 Å². The van der Waals surface area contributed by atoms with E-state index in [1.165, 1.54) is 0 Å². The molecule has 1 saturated heterocycles. The van der Waals surface area contributed by atoms with Gasteiger partial charge >= 0.3 is 0 Å². The number of rotatable bonds is 5. The van der Waals surface area contributed by atoms with E-state index in [9.17, 15) is 4.79 Å². The summed E-state index contributed by atoms with van der Waals surface area (Å²) >= 11 is 0. The van der Waals surface area contributed by atoms with Crippen molar-refractivity contribution in [2.24, 2.45) is 5.73 Å². The highest BCUT2D eigenvalue weighted by molar-refractivity contribution is 5.85. The molecule has 1 amide bonds. The van der Waals surface area contributed by atoms with Crippen LogP contribution in [-0.4, -0.2) is 58.1 Å². The third kappa shape index (κ3) is 5.91. The zero-order valence-corrected chi connectivity index (χ0v) is 15.5. The van der Waals surface area contributed by atoms with Crippen molar-refractivity contribution in [2.45, 2.75) is 45.7 Å². The zero-order chi connectivity index (χ0) is 15.4. The number of aromatic nitrogens is 2. The predicted octanol–water partition coefficient (Wildman–Crippen LogP) is 1.42. The van der Waals surface area contributed by atoms with E-state index in [1.54, 1.807) is 0 Å². The van der Waals surface area contributed by atoms with Crippen molar-refractivity contribution >= 4 is 30.7 Å². The number of halogens is 2. The largest absolute Gasteiger partial charge is 0.340 e. The van der Waals surface area contributed by atoms with Gasteiger partial charge in [-0.3, -0.25) is 9.69 Å². The number of hydrogen-bond acceptors (Lipinski definition) is 6. The molecule has 23 heavy (non-hydrogen) atoms. The molecule has 2 N–H and O–H groups in total. The molecule has 1 aromatic rings. The summed E-state index contributed by atoms with van der Waals surface area (Å²) < 4.78 is 5.30. The van der Waals surface area contributed by atoms with Gasteiger partial charge in [-0.1, -0.05) is 12.1 Å². The van der Waals surface area contributed by atoms with Crippen molar-refractivity contribution in [3.8, 4) is 0 Å². The second-order valence-corrected chi connectivity index (χ2v) is 5.68. The lowest BCUT2D eigenvalue weighted by Crippen LogP contribution is -2.50. The number of amides is 1. The first kappa shape index (κ1) is 22.1. The van der Waals surface area contributed by atoms with Gasteiger partial charge in [0.1, 0.15) is 0 Å². The number of aryl methyl sites for hydroxylation is 1. The first-order valence-electron chi connectivity index (χ1n) is 7.61. The Morgan fingerprint density at radius 3 is 2.35 bits per heavy atom. The van der Waals surface area contributed by atoms with Gasteiger partial charge in [-0.25, -0.2) is 0 Å². The number of carbonyl (C=O) groups is 1. The van der Waals surface area contributed by atoms with Crippen LogP contribution in [0.2, 0.25) is 0 Å². The number of hydrogen-bond donors (Lipinski definition) is 1. The number of piperazine rings is 1. The molecule has 1 aromatic heterocycles. The molecule has 2 rings (SSSR count). The molecule has 0 aromatic carbocycles. The van der Waals surface area contributed by atoms with E-state index < -0.39 is 0 Å². The topological polar surface area (TPSA) is 88.5 Å². The van der Waals surface area contributed by atoms with Crippen LogP contribution in [0.5, 0.6) is 0 Å². The van der Waals surface area contributed by atoms with Crippen LogP contribution in [0.25, 0.3) is 0 Å². The maximum Gasteiger partial charge on any atom is 0.243 e.